The Hall–Kier alpha value is -0.870. The summed E-state index contributed by atoms with van der Waals surface area (Å²) in [4.78, 5) is 23.1. The van der Waals surface area contributed by atoms with Crippen molar-refractivity contribution < 1.29 is 14.3 Å². The van der Waals surface area contributed by atoms with Crippen molar-refractivity contribution in [2.24, 2.45) is 0 Å². The second-order valence-electron chi connectivity index (χ2n) is 3.28. The molecule has 0 unspecified atom stereocenters. The molecule has 17 heavy (non-hydrogen) atoms. The van der Waals surface area contributed by atoms with Gasteiger partial charge >= 0.3 is 5.97 Å². The van der Waals surface area contributed by atoms with Crippen LogP contribution in [0.2, 0.25) is 0 Å². The molecular weight excluding hydrogens is 307 g/mol. The minimum atomic E-state index is -0.407. The van der Waals surface area contributed by atoms with Gasteiger partial charge in [-0.05, 0) is 35.0 Å². The van der Waals surface area contributed by atoms with Crippen LogP contribution in [0.5, 0.6) is 0 Å². The number of alkyl halides is 1. The third-order valence-electron chi connectivity index (χ3n) is 2.11. The third kappa shape index (κ3) is 3.82. The number of halogens is 2. The predicted octanol–water partition coefficient (Wildman–Crippen LogP) is 3.44. The Bertz CT molecular complexity index is 432. The zero-order valence-electron chi connectivity index (χ0n) is 9.33. The third-order valence-corrected chi connectivity index (χ3v) is 2.95. The van der Waals surface area contributed by atoms with Crippen LogP contribution in [0.3, 0.4) is 0 Å². The van der Waals surface area contributed by atoms with Gasteiger partial charge in [0.15, 0.2) is 5.78 Å². The van der Waals surface area contributed by atoms with Crippen LogP contribution < -0.4 is 0 Å². The zero-order valence-corrected chi connectivity index (χ0v) is 11.7. The number of carbonyl (C=O) groups is 2. The molecule has 0 radical (unpaired) electrons. The molecule has 0 saturated heterocycles. The first-order chi connectivity index (χ1) is 8.10. The number of hydrogen-bond donors (Lipinski definition) is 0. The maximum absolute atomic E-state index is 11.6. The number of Topliss-reactive ketones (excluding diaryl/α,β-unsaturated/α-hetero) is 1. The zero-order chi connectivity index (χ0) is 12.8. The summed E-state index contributed by atoms with van der Waals surface area (Å²) >= 11 is 8.75. The van der Waals surface area contributed by atoms with Crippen molar-refractivity contribution in [1.29, 1.82) is 0 Å². The van der Waals surface area contributed by atoms with Crippen molar-refractivity contribution in [3.8, 4) is 0 Å². The fourth-order valence-electron chi connectivity index (χ4n) is 1.29. The van der Waals surface area contributed by atoms with Crippen LogP contribution in [0.25, 0.3) is 0 Å². The first kappa shape index (κ1) is 14.2. The predicted molar refractivity (Wildman–Crippen MR) is 69.8 cm³/mol. The SMILES string of the molecule is CCOC(=O)c1ccc(C(=O)CCCl)cc1Br. The molecule has 0 atom stereocenters. The van der Waals surface area contributed by atoms with Gasteiger partial charge in [-0.3, -0.25) is 4.79 Å². The second kappa shape index (κ2) is 6.77. The molecule has 0 heterocycles. The van der Waals surface area contributed by atoms with Gasteiger partial charge in [-0.1, -0.05) is 6.07 Å². The van der Waals surface area contributed by atoms with Crippen LogP contribution in [0.1, 0.15) is 34.1 Å². The van der Waals surface area contributed by atoms with Crippen molar-refractivity contribution in [1.82, 2.24) is 0 Å². The molecule has 0 aromatic heterocycles. The highest BCUT2D eigenvalue weighted by molar-refractivity contribution is 9.10. The molecule has 0 amide bonds. The fraction of sp³-hybridized carbons (Fsp3) is 0.333. The van der Waals surface area contributed by atoms with E-state index in [1.165, 1.54) is 0 Å². The number of esters is 1. The van der Waals surface area contributed by atoms with E-state index in [-0.39, 0.29) is 18.1 Å². The molecule has 1 aromatic rings. The lowest BCUT2D eigenvalue weighted by atomic mass is 10.1. The van der Waals surface area contributed by atoms with Gasteiger partial charge in [0.05, 0.1) is 12.2 Å². The Kier molecular flexibility index (Phi) is 5.65. The van der Waals surface area contributed by atoms with Gasteiger partial charge in [0.1, 0.15) is 0 Å². The summed E-state index contributed by atoms with van der Waals surface area (Å²) in [6.45, 7) is 2.06. The van der Waals surface area contributed by atoms with Gasteiger partial charge in [-0.2, -0.15) is 0 Å². The summed E-state index contributed by atoms with van der Waals surface area (Å²) in [7, 11) is 0. The number of hydrogen-bond acceptors (Lipinski definition) is 3. The number of carbonyl (C=O) groups excluding carboxylic acids is 2. The summed E-state index contributed by atoms with van der Waals surface area (Å²) < 4.78 is 5.43. The molecule has 0 saturated carbocycles. The minimum Gasteiger partial charge on any atom is -0.462 e. The van der Waals surface area contributed by atoms with Crippen molar-refractivity contribution in [2.45, 2.75) is 13.3 Å². The summed E-state index contributed by atoms with van der Waals surface area (Å²) in [5.74, 6) is -0.164. The lowest BCUT2D eigenvalue weighted by molar-refractivity contribution is 0.0525. The van der Waals surface area contributed by atoms with Gasteiger partial charge in [0.2, 0.25) is 0 Å². The van der Waals surface area contributed by atoms with Crippen LogP contribution in [-0.2, 0) is 4.74 Å². The first-order valence-corrected chi connectivity index (χ1v) is 6.48. The molecule has 0 spiro atoms. The normalized spacial score (nSPS) is 10.1. The van der Waals surface area contributed by atoms with E-state index in [0.717, 1.165) is 0 Å². The van der Waals surface area contributed by atoms with Crippen molar-refractivity contribution >= 4 is 39.3 Å². The van der Waals surface area contributed by atoms with E-state index in [4.69, 9.17) is 16.3 Å². The van der Waals surface area contributed by atoms with Crippen LogP contribution in [0.4, 0.5) is 0 Å². The maximum Gasteiger partial charge on any atom is 0.339 e. The molecule has 0 N–H and O–H groups in total. The van der Waals surface area contributed by atoms with Crippen molar-refractivity contribution in [3.63, 3.8) is 0 Å². The minimum absolute atomic E-state index is 0.0453. The van der Waals surface area contributed by atoms with Crippen LogP contribution in [-0.4, -0.2) is 24.2 Å². The fourth-order valence-corrected chi connectivity index (χ4v) is 2.01. The number of rotatable bonds is 5. The number of benzene rings is 1. The summed E-state index contributed by atoms with van der Waals surface area (Å²) in [5.41, 5.74) is 0.944. The molecular formula is C12H12BrClO3. The molecule has 0 aliphatic heterocycles. The molecule has 0 fully saturated rings. The van der Waals surface area contributed by atoms with Gasteiger partial charge in [0, 0.05) is 22.3 Å². The molecule has 1 rings (SSSR count). The lowest BCUT2D eigenvalue weighted by Gasteiger charge is -2.06. The number of ketones is 1. The Morgan fingerprint density at radius 3 is 2.65 bits per heavy atom. The van der Waals surface area contributed by atoms with E-state index in [0.29, 0.717) is 22.2 Å². The summed E-state index contributed by atoms with van der Waals surface area (Å²) in [6.07, 6.45) is 0.284. The Labute approximate surface area is 113 Å². The highest BCUT2D eigenvalue weighted by Gasteiger charge is 2.13. The largest absolute Gasteiger partial charge is 0.462 e. The highest BCUT2D eigenvalue weighted by Crippen LogP contribution is 2.20. The van der Waals surface area contributed by atoms with Gasteiger partial charge < -0.3 is 4.74 Å². The average Bonchev–Trinajstić information content (AvgIpc) is 2.29. The van der Waals surface area contributed by atoms with E-state index in [1.54, 1.807) is 25.1 Å². The standard InChI is InChI=1S/C12H12BrClO3/c1-2-17-12(16)9-4-3-8(7-10(9)13)11(15)5-6-14/h3-4,7H,2,5-6H2,1H3. The van der Waals surface area contributed by atoms with Crippen molar-refractivity contribution in [3.05, 3.63) is 33.8 Å². The van der Waals surface area contributed by atoms with Crippen molar-refractivity contribution in [2.75, 3.05) is 12.5 Å². The van der Waals surface area contributed by atoms with Gasteiger partial charge in [-0.25, -0.2) is 4.79 Å². The van der Waals surface area contributed by atoms with Crippen LogP contribution >= 0.6 is 27.5 Å². The summed E-state index contributed by atoms with van der Waals surface area (Å²) in [6, 6.07) is 4.79. The van der Waals surface area contributed by atoms with E-state index < -0.39 is 5.97 Å². The quantitative estimate of drug-likeness (QED) is 0.474. The molecule has 1 aromatic carbocycles. The molecule has 0 aliphatic carbocycles. The second-order valence-corrected chi connectivity index (χ2v) is 4.51. The molecule has 0 bridgehead atoms. The molecule has 3 nitrogen and oxygen atoms in total. The monoisotopic (exact) mass is 318 g/mol. The Balaban J connectivity index is 2.93. The summed E-state index contributed by atoms with van der Waals surface area (Å²) in [5, 5.41) is 0. The lowest BCUT2D eigenvalue weighted by Crippen LogP contribution is -2.07. The number of ether oxygens (including phenoxy) is 1. The highest BCUT2D eigenvalue weighted by atomic mass is 79.9. The smallest absolute Gasteiger partial charge is 0.339 e. The van der Waals surface area contributed by atoms with Crippen LogP contribution in [0, 0.1) is 0 Å². The average molecular weight is 320 g/mol. The molecule has 5 heteroatoms. The van der Waals surface area contributed by atoms with E-state index in [2.05, 4.69) is 15.9 Å². The Morgan fingerprint density at radius 1 is 1.41 bits per heavy atom. The van der Waals surface area contributed by atoms with Crippen LogP contribution in [0.15, 0.2) is 22.7 Å². The van der Waals surface area contributed by atoms with Gasteiger partial charge in [0.25, 0.3) is 0 Å². The van der Waals surface area contributed by atoms with E-state index >= 15 is 0 Å². The van der Waals surface area contributed by atoms with E-state index in [9.17, 15) is 9.59 Å². The van der Waals surface area contributed by atoms with E-state index in [1.807, 2.05) is 0 Å². The molecule has 0 aliphatic rings. The topological polar surface area (TPSA) is 43.4 Å². The maximum atomic E-state index is 11.6. The molecule has 92 valence electrons. The first-order valence-electron chi connectivity index (χ1n) is 5.16. The Morgan fingerprint density at radius 2 is 2.12 bits per heavy atom. The van der Waals surface area contributed by atoms with Gasteiger partial charge in [-0.15, -0.1) is 11.6 Å².